The van der Waals surface area contributed by atoms with Crippen molar-refractivity contribution in [3.05, 3.63) is 36.2 Å². The smallest absolute Gasteiger partial charge is 0.265 e. The Bertz CT molecular complexity index is 991. The molecular weight excluding hydrogens is 380 g/mol. The summed E-state index contributed by atoms with van der Waals surface area (Å²) in [6.07, 6.45) is 1.27. The molecule has 1 aliphatic rings. The number of sulfonamides is 2. The number of rotatable bonds is 5. The lowest BCUT2D eigenvalue weighted by molar-refractivity contribution is 0.0730. The average molecular weight is 400 g/mol. The van der Waals surface area contributed by atoms with E-state index in [1.165, 1.54) is 39.4 Å². The fraction of sp³-hybridized carbons (Fsp3) is 0.400. The number of aryl methyl sites for hydroxylation is 1. The highest BCUT2D eigenvalue weighted by molar-refractivity contribution is 7.92. The molecule has 0 aliphatic carbocycles. The Morgan fingerprint density at radius 2 is 1.69 bits per heavy atom. The van der Waals surface area contributed by atoms with Crippen LogP contribution < -0.4 is 4.72 Å². The highest BCUT2D eigenvalue weighted by Crippen LogP contribution is 2.22. The monoisotopic (exact) mass is 400 g/mol. The standard InChI is InChI=1S/C15H20N4O5S2/c1-12-15(11-16-18(12)2)25(20,21)17-13-3-5-14(6-4-13)26(22,23)19-7-9-24-10-8-19/h3-6,11,17H,7-10H2,1-2H3. The van der Waals surface area contributed by atoms with Gasteiger partial charge in [-0.1, -0.05) is 0 Å². The number of morpholine rings is 1. The molecular formula is C15H20N4O5S2. The quantitative estimate of drug-likeness (QED) is 0.785. The normalized spacial score (nSPS) is 16.5. The maximum atomic E-state index is 12.6. The molecule has 11 heteroatoms. The molecule has 9 nitrogen and oxygen atoms in total. The van der Waals surface area contributed by atoms with Gasteiger partial charge in [0.05, 0.1) is 30.0 Å². The van der Waals surface area contributed by atoms with Crippen LogP contribution in [-0.2, 0) is 31.8 Å². The molecule has 0 saturated carbocycles. The predicted octanol–water partition coefficient (Wildman–Crippen LogP) is 0.550. The van der Waals surface area contributed by atoms with E-state index >= 15 is 0 Å². The van der Waals surface area contributed by atoms with E-state index in [2.05, 4.69) is 9.82 Å². The molecule has 1 saturated heterocycles. The van der Waals surface area contributed by atoms with Crippen molar-refractivity contribution in [1.82, 2.24) is 14.1 Å². The van der Waals surface area contributed by atoms with E-state index < -0.39 is 20.0 Å². The Hall–Kier alpha value is -1.95. The van der Waals surface area contributed by atoms with Crippen molar-refractivity contribution in [2.75, 3.05) is 31.0 Å². The second kappa shape index (κ2) is 6.99. The van der Waals surface area contributed by atoms with Crippen molar-refractivity contribution in [2.45, 2.75) is 16.7 Å². The maximum Gasteiger partial charge on any atom is 0.265 e. The average Bonchev–Trinajstić information content (AvgIpc) is 2.96. The van der Waals surface area contributed by atoms with Gasteiger partial charge in [0.15, 0.2) is 0 Å². The van der Waals surface area contributed by atoms with Gasteiger partial charge in [-0.15, -0.1) is 0 Å². The van der Waals surface area contributed by atoms with Crippen LogP contribution in [-0.4, -0.2) is 57.2 Å². The molecule has 1 aromatic carbocycles. The number of anilines is 1. The Morgan fingerprint density at radius 3 is 2.23 bits per heavy atom. The first kappa shape index (κ1) is 18.8. The lowest BCUT2D eigenvalue weighted by Crippen LogP contribution is -2.40. The van der Waals surface area contributed by atoms with Crippen LogP contribution in [0.15, 0.2) is 40.3 Å². The SMILES string of the molecule is Cc1c(S(=O)(=O)Nc2ccc(S(=O)(=O)N3CCOCC3)cc2)cnn1C. The van der Waals surface area contributed by atoms with Gasteiger partial charge in [0, 0.05) is 25.8 Å². The summed E-state index contributed by atoms with van der Waals surface area (Å²) in [4.78, 5) is 0.185. The van der Waals surface area contributed by atoms with Crippen molar-refractivity contribution < 1.29 is 21.6 Å². The lowest BCUT2D eigenvalue weighted by Gasteiger charge is -2.26. The molecule has 0 radical (unpaired) electrons. The van der Waals surface area contributed by atoms with E-state index in [0.29, 0.717) is 32.0 Å². The topological polar surface area (TPSA) is 111 Å². The number of nitrogens with zero attached hydrogens (tertiary/aromatic N) is 3. The van der Waals surface area contributed by atoms with Crippen LogP contribution in [0.3, 0.4) is 0 Å². The Morgan fingerprint density at radius 1 is 1.08 bits per heavy atom. The van der Waals surface area contributed by atoms with Crippen molar-refractivity contribution in [3.8, 4) is 0 Å². The molecule has 0 atom stereocenters. The van der Waals surface area contributed by atoms with Crippen LogP contribution >= 0.6 is 0 Å². The summed E-state index contributed by atoms with van der Waals surface area (Å²) >= 11 is 0. The van der Waals surface area contributed by atoms with Gasteiger partial charge in [-0.2, -0.15) is 9.40 Å². The fourth-order valence-electron chi connectivity index (χ4n) is 2.58. The third-order valence-corrected chi connectivity index (χ3v) is 7.59. The minimum Gasteiger partial charge on any atom is -0.379 e. The van der Waals surface area contributed by atoms with Crippen LogP contribution in [0.2, 0.25) is 0 Å². The molecule has 1 N–H and O–H groups in total. The molecule has 0 bridgehead atoms. The van der Waals surface area contributed by atoms with Crippen molar-refractivity contribution in [1.29, 1.82) is 0 Å². The van der Waals surface area contributed by atoms with Gasteiger partial charge in [0.25, 0.3) is 10.0 Å². The molecule has 3 rings (SSSR count). The summed E-state index contributed by atoms with van der Waals surface area (Å²) in [5, 5.41) is 3.92. The fourth-order valence-corrected chi connectivity index (χ4v) is 5.25. The molecule has 1 fully saturated rings. The first-order chi connectivity index (χ1) is 12.2. The predicted molar refractivity (Wildman–Crippen MR) is 94.8 cm³/mol. The summed E-state index contributed by atoms with van der Waals surface area (Å²) in [6.45, 7) is 2.98. The second-order valence-corrected chi connectivity index (χ2v) is 9.45. The van der Waals surface area contributed by atoms with Crippen LogP contribution in [0.1, 0.15) is 5.69 Å². The molecule has 2 heterocycles. The third-order valence-electron chi connectivity index (χ3n) is 4.19. The Balaban J connectivity index is 1.80. The third kappa shape index (κ3) is 3.61. The van der Waals surface area contributed by atoms with Crippen molar-refractivity contribution >= 4 is 25.7 Å². The summed E-state index contributed by atoms with van der Waals surface area (Å²) in [5.41, 5.74) is 0.776. The first-order valence-electron chi connectivity index (χ1n) is 7.91. The molecule has 142 valence electrons. The van der Waals surface area contributed by atoms with Gasteiger partial charge < -0.3 is 4.74 Å². The zero-order valence-electron chi connectivity index (χ0n) is 14.4. The first-order valence-corrected chi connectivity index (χ1v) is 10.8. The van der Waals surface area contributed by atoms with Gasteiger partial charge in [-0.25, -0.2) is 16.8 Å². The number of aromatic nitrogens is 2. The zero-order chi connectivity index (χ0) is 18.9. The summed E-state index contributed by atoms with van der Waals surface area (Å²) in [6, 6.07) is 5.63. The van der Waals surface area contributed by atoms with E-state index in [1.54, 1.807) is 14.0 Å². The van der Waals surface area contributed by atoms with Gasteiger partial charge in [-0.05, 0) is 31.2 Å². The minimum absolute atomic E-state index is 0.0741. The minimum atomic E-state index is -3.80. The summed E-state index contributed by atoms with van der Waals surface area (Å²) in [7, 11) is -5.76. The van der Waals surface area contributed by atoms with Crippen LogP contribution in [0.25, 0.3) is 0 Å². The van der Waals surface area contributed by atoms with E-state index in [0.717, 1.165) is 0 Å². The zero-order valence-corrected chi connectivity index (χ0v) is 16.0. The van der Waals surface area contributed by atoms with E-state index in [-0.39, 0.29) is 15.5 Å². The van der Waals surface area contributed by atoms with Crippen LogP contribution in [0.5, 0.6) is 0 Å². The molecule has 1 aliphatic heterocycles. The Kier molecular flexibility index (Phi) is 5.06. The van der Waals surface area contributed by atoms with Crippen molar-refractivity contribution in [3.63, 3.8) is 0 Å². The number of benzene rings is 1. The maximum absolute atomic E-state index is 12.6. The molecule has 0 unspecified atom stereocenters. The molecule has 1 aromatic heterocycles. The van der Waals surface area contributed by atoms with Gasteiger partial charge in [0.2, 0.25) is 10.0 Å². The molecule has 26 heavy (non-hydrogen) atoms. The largest absolute Gasteiger partial charge is 0.379 e. The second-order valence-electron chi connectivity index (χ2n) is 5.86. The Labute approximate surface area is 152 Å². The lowest BCUT2D eigenvalue weighted by atomic mass is 10.3. The molecule has 2 aromatic rings. The number of hydrogen-bond acceptors (Lipinski definition) is 6. The highest BCUT2D eigenvalue weighted by atomic mass is 32.2. The van der Waals surface area contributed by atoms with Crippen molar-refractivity contribution in [2.24, 2.45) is 7.05 Å². The van der Waals surface area contributed by atoms with Gasteiger partial charge in [0.1, 0.15) is 4.90 Å². The number of ether oxygens (including phenoxy) is 1. The van der Waals surface area contributed by atoms with Gasteiger partial charge >= 0.3 is 0 Å². The van der Waals surface area contributed by atoms with E-state index in [9.17, 15) is 16.8 Å². The number of hydrogen-bond donors (Lipinski definition) is 1. The van der Waals surface area contributed by atoms with Crippen LogP contribution in [0.4, 0.5) is 5.69 Å². The molecule has 0 amide bonds. The number of nitrogens with one attached hydrogen (secondary N) is 1. The molecule has 0 spiro atoms. The highest BCUT2D eigenvalue weighted by Gasteiger charge is 2.26. The van der Waals surface area contributed by atoms with Gasteiger partial charge in [-0.3, -0.25) is 9.40 Å². The van der Waals surface area contributed by atoms with E-state index in [4.69, 9.17) is 4.74 Å². The summed E-state index contributed by atoms with van der Waals surface area (Å²) in [5.74, 6) is 0. The van der Waals surface area contributed by atoms with Crippen LogP contribution in [0, 0.1) is 6.92 Å². The summed E-state index contributed by atoms with van der Waals surface area (Å²) < 4.78 is 60.5. The van der Waals surface area contributed by atoms with E-state index in [1.807, 2.05) is 0 Å².